The summed E-state index contributed by atoms with van der Waals surface area (Å²) in [5, 5.41) is 0.202. The third-order valence-electron chi connectivity index (χ3n) is 4.23. The summed E-state index contributed by atoms with van der Waals surface area (Å²) in [5.41, 5.74) is -0.0559. The van der Waals surface area contributed by atoms with Crippen molar-refractivity contribution in [2.24, 2.45) is 0 Å². The van der Waals surface area contributed by atoms with Crippen LogP contribution in [0.1, 0.15) is 37.8 Å². The van der Waals surface area contributed by atoms with Gasteiger partial charge in [0.15, 0.2) is 6.39 Å². The summed E-state index contributed by atoms with van der Waals surface area (Å²) in [7, 11) is 3.07. The number of nitrogens with one attached hydrogen (secondary N) is 2. The molecule has 0 bridgehead atoms. The van der Waals surface area contributed by atoms with Crippen LogP contribution in [0.2, 0.25) is 0 Å². The van der Waals surface area contributed by atoms with Crippen LogP contribution in [-0.2, 0) is 5.41 Å². The molecule has 0 aliphatic rings. The molecular weight excluding hydrogens is 374 g/mol. The number of methoxy groups -OCH3 is 2. The Hall–Kier alpha value is -3.55. The molecule has 0 aliphatic heterocycles. The lowest BCUT2D eigenvalue weighted by Crippen LogP contribution is -2.46. The van der Waals surface area contributed by atoms with Gasteiger partial charge < -0.3 is 23.9 Å². The van der Waals surface area contributed by atoms with E-state index in [2.05, 4.69) is 15.0 Å². The Bertz CT molecular complexity index is 1240. The van der Waals surface area contributed by atoms with Gasteiger partial charge in [0.2, 0.25) is 0 Å². The summed E-state index contributed by atoms with van der Waals surface area (Å²) >= 11 is 0. The van der Waals surface area contributed by atoms with Gasteiger partial charge in [-0.15, -0.1) is 0 Å². The third-order valence-corrected chi connectivity index (χ3v) is 4.23. The molecule has 2 heterocycles. The maximum atomic E-state index is 12.5. The first-order chi connectivity index (χ1) is 13.7. The quantitative estimate of drug-likeness (QED) is 0.680. The molecule has 0 atom stereocenters. The van der Waals surface area contributed by atoms with Crippen LogP contribution in [-0.4, -0.2) is 29.2 Å². The van der Waals surface area contributed by atoms with Crippen LogP contribution >= 0.6 is 0 Å². The van der Waals surface area contributed by atoms with E-state index < -0.39 is 11.1 Å². The zero-order valence-electron chi connectivity index (χ0n) is 17.0. The number of rotatable bonds is 4. The average Bonchev–Trinajstić information content (AvgIpc) is 3.14. The Labute approximate surface area is 166 Å². The van der Waals surface area contributed by atoms with E-state index in [0.717, 1.165) is 0 Å². The number of H-pyrrole nitrogens is 2. The molecule has 0 aliphatic carbocycles. The van der Waals surface area contributed by atoms with Crippen molar-refractivity contribution in [1.82, 2.24) is 15.0 Å². The van der Waals surface area contributed by atoms with Gasteiger partial charge in [-0.3, -0.25) is 9.59 Å². The van der Waals surface area contributed by atoms with Gasteiger partial charge >= 0.3 is 0 Å². The lowest BCUT2D eigenvalue weighted by molar-refractivity contribution is 0.394. The summed E-state index contributed by atoms with van der Waals surface area (Å²) in [4.78, 5) is 34.4. The van der Waals surface area contributed by atoms with Crippen LogP contribution in [0.25, 0.3) is 12.2 Å². The maximum Gasteiger partial charge on any atom is 0.272 e. The zero-order valence-corrected chi connectivity index (χ0v) is 17.0. The SMILES string of the molecule is COc1cc(/C=c2\[nH]c(=O)/c(=C/c3ncoc3C(C)(C)C)[nH]c2=O)cc(OC)c1. The number of nitrogens with zero attached hydrogens (tertiary/aromatic N) is 1. The van der Waals surface area contributed by atoms with Crippen molar-refractivity contribution in [2.75, 3.05) is 14.2 Å². The normalized spacial score (nSPS) is 13.0. The molecule has 2 aromatic heterocycles. The highest BCUT2D eigenvalue weighted by molar-refractivity contribution is 5.54. The average molecular weight is 397 g/mol. The summed E-state index contributed by atoms with van der Waals surface area (Å²) in [6.07, 6.45) is 4.37. The van der Waals surface area contributed by atoms with Crippen LogP contribution in [0.3, 0.4) is 0 Å². The minimum atomic E-state index is -0.450. The zero-order chi connectivity index (χ0) is 21.2. The van der Waals surface area contributed by atoms with Crippen LogP contribution in [0, 0.1) is 0 Å². The molecule has 0 saturated carbocycles. The van der Waals surface area contributed by atoms with Crippen LogP contribution in [0.5, 0.6) is 11.5 Å². The lowest BCUT2D eigenvalue weighted by Gasteiger charge is -2.14. The van der Waals surface area contributed by atoms with Crippen molar-refractivity contribution < 1.29 is 13.9 Å². The second-order valence-electron chi connectivity index (χ2n) is 7.49. The molecular formula is C21H23N3O5. The van der Waals surface area contributed by atoms with Crippen LogP contribution in [0.4, 0.5) is 0 Å². The largest absolute Gasteiger partial charge is 0.497 e. The summed E-state index contributed by atoms with van der Waals surface area (Å²) in [6, 6.07) is 5.17. The number of benzene rings is 1. The predicted molar refractivity (Wildman–Crippen MR) is 109 cm³/mol. The molecule has 1 aromatic carbocycles. The van der Waals surface area contributed by atoms with Gasteiger partial charge in [0.1, 0.15) is 33.7 Å². The van der Waals surface area contributed by atoms with Crippen LogP contribution in [0.15, 0.2) is 38.6 Å². The Morgan fingerprint density at radius 3 is 2.00 bits per heavy atom. The molecule has 0 unspecified atom stereocenters. The molecule has 0 amide bonds. The van der Waals surface area contributed by atoms with Crippen LogP contribution < -0.4 is 31.3 Å². The summed E-state index contributed by atoms with van der Waals surface area (Å²) in [6.45, 7) is 5.91. The monoisotopic (exact) mass is 397 g/mol. The van der Waals surface area contributed by atoms with Gasteiger partial charge in [-0.05, 0) is 29.8 Å². The van der Waals surface area contributed by atoms with Gasteiger partial charge in [0.25, 0.3) is 11.1 Å². The van der Waals surface area contributed by atoms with E-state index in [1.54, 1.807) is 24.3 Å². The smallest absolute Gasteiger partial charge is 0.272 e. The molecule has 8 heteroatoms. The minimum Gasteiger partial charge on any atom is -0.497 e. The molecule has 0 saturated heterocycles. The highest BCUT2D eigenvalue weighted by Crippen LogP contribution is 2.25. The van der Waals surface area contributed by atoms with Gasteiger partial charge in [-0.2, -0.15) is 0 Å². The fourth-order valence-corrected chi connectivity index (χ4v) is 2.83. The number of ether oxygens (including phenoxy) is 2. The van der Waals surface area contributed by atoms with Crippen molar-refractivity contribution in [3.63, 3.8) is 0 Å². The Kier molecular flexibility index (Phi) is 5.45. The Morgan fingerprint density at radius 1 is 0.931 bits per heavy atom. The highest BCUT2D eigenvalue weighted by atomic mass is 16.5. The fraction of sp³-hybridized carbons (Fsp3) is 0.286. The molecule has 29 heavy (non-hydrogen) atoms. The lowest BCUT2D eigenvalue weighted by atomic mass is 9.92. The van der Waals surface area contributed by atoms with E-state index in [1.807, 2.05) is 20.8 Å². The number of aromatic amines is 2. The van der Waals surface area contributed by atoms with Crippen molar-refractivity contribution in [2.45, 2.75) is 26.2 Å². The number of hydrogen-bond acceptors (Lipinski definition) is 6. The van der Waals surface area contributed by atoms with Gasteiger partial charge in [-0.25, -0.2) is 4.98 Å². The minimum absolute atomic E-state index is 0.0924. The Balaban J connectivity index is 2.13. The molecule has 2 N–H and O–H groups in total. The molecule has 0 fully saturated rings. The summed E-state index contributed by atoms with van der Waals surface area (Å²) < 4.78 is 15.9. The van der Waals surface area contributed by atoms with Crippen molar-refractivity contribution in [3.8, 4) is 11.5 Å². The molecule has 8 nitrogen and oxygen atoms in total. The standard InChI is InChI=1S/C21H23N3O5/c1-21(2,3)18-15(22-11-29-18)10-17-20(26)23-16(19(25)24-17)8-12-6-13(27-4)9-14(7-12)28-5/h6-11H,1-5H3,(H,23,26)(H,24,25)/b16-8-,17-10-. The van der Waals surface area contributed by atoms with Crippen molar-refractivity contribution in [1.29, 1.82) is 0 Å². The fourth-order valence-electron chi connectivity index (χ4n) is 2.83. The first-order valence-corrected chi connectivity index (χ1v) is 8.94. The molecule has 0 radical (unpaired) electrons. The van der Waals surface area contributed by atoms with Gasteiger partial charge in [-0.1, -0.05) is 20.8 Å². The second-order valence-corrected chi connectivity index (χ2v) is 7.49. The Morgan fingerprint density at radius 2 is 1.48 bits per heavy atom. The predicted octanol–water partition coefficient (Wildman–Crippen LogP) is 1.02. The number of aromatic nitrogens is 3. The number of oxazole rings is 1. The topological polar surface area (TPSA) is 110 Å². The summed E-state index contributed by atoms with van der Waals surface area (Å²) in [5.74, 6) is 1.76. The molecule has 3 rings (SSSR count). The van der Waals surface area contributed by atoms with E-state index in [4.69, 9.17) is 13.9 Å². The van der Waals surface area contributed by atoms with E-state index >= 15 is 0 Å². The van der Waals surface area contributed by atoms with E-state index in [0.29, 0.717) is 28.5 Å². The first kappa shape index (κ1) is 20.2. The van der Waals surface area contributed by atoms with Gasteiger partial charge in [0, 0.05) is 11.5 Å². The molecule has 3 aromatic rings. The van der Waals surface area contributed by atoms with Crippen molar-refractivity contribution >= 4 is 12.2 Å². The first-order valence-electron chi connectivity index (χ1n) is 8.94. The molecule has 152 valence electrons. The molecule has 0 spiro atoms. The van der Waals surface area contributed by atoms with Gasteiger partial charge in [0.05, 0.1) is 14.2 Å². The second kappa shape index (κ2) is 7.83. The van der Waals surface area contributed by atoms with E-state index in [1.165, 1.54) is 26.7 Å². The highest BCUT2D eigenvalue weighted by Gasteiger charge is 2.21. The van der Waals surface area contributed by atoms with E-state index in [9.17, 15) is 9.59 Å². The number of hydrogen-bond donors (Lipinski definition) is 2. The van der Waals surface area contributed by atoms with Crippen molar-refractivity contribution in [3.05, 3.63) is 73.0 Å². The maximum absolute atomic E-state index is 12.5. The van der Waals surface area contributed by atoms with E-state index in [-0.39, 0.29) is 16.1 Å². The third kappa shape index (κ3) is 4.48.